The van der Waals surface area contributed by atoms with Crippen molar-refractivity contribution in [3.63, 3.8) is 0 Å². The summed E-state index contributed by atoms with van der Waals surface area (Å²) in [6, 6.07) is 24.8. The summed E-state index contributed by atoms with van der Waals surface area (Å²) in [7, 11) is 0. The van der Waals surface area contributed by atoms with Gasteiger partial charge >= 0.3 is 0 Å². The fourth-order valence-electron chi connectivity index (χ4n) is 3.41. The van der Waals surface area contributed by atoms with Crippen LogP contribution in [0.2, 0.25) is 5.02 Å². The summed E-state index contributed by atoms with van der Waals surface area (Å²) >= 11 is 7.00. The van der Waals surface area contributed by atoms with E-state index in [1.807, 2.05) is 43.3 Å². The van der Waals surface area contributed by atoms with Crippen molar-refractivity contribution in [3.8, 4) is 17.5 Å². The number of benzene rings is 3. The number of nitrogens with one attached hydrogen (secondary N) is 1. The second-order valence-electron chi connectivity index (χ2n) is 7.31. The van der Waals surface area contributed by atoms with E-state index in [9.17, 15) is 14.9 Å². The molecule has 0 saturated carbocycles. The SMILES string of the molecule is CCOc1ccccc1/C=c1/s/c(=C(/C#N)C(=O)Nc2ccc(Cl)cc2)n(-c2ccccc2)c1=O. The van der Waals surface area contributed by atoms with E-state index in [1.165, 1.54) is 4.57 Å². The zero-order valence-electron chi connectivity index (χ0n) is 18.7. The molecule has 0 atom stereocenters. The summed E-state index contributed by atoms with van der Waals surface area (Å²) in [5, 5.41) is 13.2. The van der Waals surface area contributed by atoms with Gasteiger partial charge in [0.1, 0.15) is 16.5 Å². The van der Waals surface area contributed by atoms with Crippen LogP contribution in [-0.4, -0.2) is 17.1 Å². The van der Waals surface area contributed by atoms with Gasteiger partial charge in [-0.25, -0.2) is 0 Å². The van der Waals surface area contributed by atoms with E-state index in [0.29, 0.717) is 33.3 Å². The molecule has 1 heterocycles. The summed E-state index contributed by atoms with van der Waals surface area (Å²) < 4.78 is 7.67. The number of aromatic nitrogens is 1. The van der Waals surface area contributed by atoms with Gasteiger partial charge in [0.15, 0.2) is 5.57 Å². The summed E-state index contributed by atoms with van der Waals surface area (Å²) in [6.45, 7) is 2.36. The number of carbonyl (C=O) groups excluding carboxylic acids is 1. The van der Waals surface area contributed by atoms with E-state index < -0.39 is 5.91 Å². The number of para-hydroxylation sites is 2. The van der Waals surface area contributed by atoms with Crippen LogP contribution in [0.25, 0.3) is 17.3 Å². The standard InChI is InChI=1S/C27H20ClN3O3S/c1-2-34-23-11-7-6-8-18(23)16-24-26(33)31(21-9-4-3-5-10-21)27(35-24)22(17-29)25(32)30-20-14-12-19(28)13-15-20/h3-16H,2H2,1H3,(H,30,32)/b24-16+,27-22-. The smallest absolute Gasteiger partial charge is 0.273 e. The third-order valence-electron chi connectivity index (χ3n) is 5.00. The third kappa shape index (κ3) is 5.35. The maximum atomic E-state index is 13.5. The Kier molecular flexibility index (Phi) is 7.46. The monoisotopic (exact) mass is 501 g/mol. The Morgan fingerprint density at radius 1 is 1.09 bits per heavy atom. The van der Waals surface area contributed by atoms with Crippen molar-refractivity contribution >= 4 is 46.2 Å². The second kappa shape index (κ2) is 10.9. The van der Waals surface area contributed by atoms with Crippen LogP contribution in [0.15, 0.2) is 83.7 Å². The van der Waals surface area contributed by atoms with E-state index in [0.717, 1.165) is 16.9 Å². The lowest BCUT2D eigenvalue weighted by atomic mass is 10.2. The van der Waals surface area contributed by atoms with Gasteiger partial charge in [0, 0.05) is 16.3 Å². The van der Waals surface area contributed by atoms with Crippen LogP contribution in [0.5, 0.6) is 5.75 Å². The topological polar surface area (TPSA) is 84.1 Å². The minimum absolute atomic E-state index is 0.177. The van der Waals surface area contributed by atoms with Crippen LogP contribution in [-0.2, 0) is 4.79 Å². The number of amides is 1. The van der Waals surface area contributed by atoms with Crippen LogP contribution in [0.4, 0.5) is 5.69 Å². The largest absolute Gasteiger partial charge is 0.493 e. The van der Waals surface area contributed by atoms with Gasteiger partial charge in [-0.1, -0.05) is 48.0 Å². The van der Waals surface area contributed by atoms with Crippen molar-refractivity contribution < 1.29 is 9.53 Å². The summed E-state index contributed by atoms with van der Waals surface area (Å²) in [5.41, 5.74) is 1.24. The van der Waals surface area contributed by atoms with Crippen molar-refractivity contribution in [2.45, 2.75) is 6.92 Å². The molecular formula is C27H20ClN3O3S. The van der Waals surface area contributed by atoms with Gasteiger partial charge in [-0.05, 0) is 55.5 Å². The number of rotatable bonds is 6. The Hall–Kier alpha value is -4.12. The quantitative estimate of drug-likeness (QED) is 0.431. The minimum Gasteiger partial charge on any atom is -0.493 e. The van der Waals surface area contributed by atoms with E-state index in [2.05, 4.69) is 5.32 Å². The molecule has 174 valence electrons. The lowest BCUT2D eigenvalue weighted by molar-refractivity contribution is -0.111. The van der Waals surface area contributed by atoms with Crippen molar-refractivity contribution in [1.29, 1.82) is 5.26 Å². The second-order valence-corrected chi connectivity index (χ2v) is 8.78. The number of hydrogen-bond donors (Lipinski definition) is 1. The van der Waals surface area contributed by atoms with Crippen molar-refractivity contribution in [2.75, 3.05) is 11.9 Å². The number of anilines is 1. The Balaban J connectivity index is 1.94. The summed E-state index contributed by atoms with van der Waals surface area (Å²) in [4.78, 5) is 26.6. The van der Waals surface area contributed by atoms with Gasteiger partial charge in [-0.15, -0.1) is 11.3 Å². The Labute approximate surface area is 210 Å². The van der Waals surface area contributed by atoms with E-state index in [1.54, 1.807) is 54.6 Å². The molecule has 3 aromatic carbocycles. The number of hydrogen-bond acceptors (Lipinski definition) is 5. The average Bonchev–Trinajstić information content (AvgIpc) is 3.18. The normalized spacial score (nSPS) is 12.1. The lowest BCUT2D eigenvalue weighted by Crippen LogP contribution is -2.32. The predicted octanol–water partition coefficient (Wildman–Crippen LogP) is 4.09. The predicted molar refractivity (Wildman–Crippen MR) is 139 cm³/mol. The average molecular weight is 502 g/mol. The molecule has 0 radical (unpaired) electrons. The molecule has 4 aromatic rings. The first-order chi connectivity index (χ1) is 17.0. The summed E-state index contributed by atoms with van der Waals surface area (Å²) in [5.74, 6) is 0.0163. The van der Waals surface area contributed by atoms with Gasteiger partial charge in [0.05, 0.1) is 16.8 Å². The molecule has 8 heteroatoms. The zero-order valence-corrected chi connectivity index (χ0v) is 20.3. The van der Waals surface area contributed by atoms with Crippen molar-refractivity contribution in [3.05, 3.63) is 109 Å². The molecule has 0 fully saturated rings. The van der Waals surface area contributed by atoms with Crippen molar-refractivity contribution in [2.24, 2.45) is 0 Å². The van der Waals surface area contributed by atoms with Gasteiger partial charge in [0.2, 0.25) is 0 Å². The number of ether oxygens (including phenoxy) is 1. The number of carbonyl (C=O) groups is 1. The Morgan fingerprint density at radius 2 is 1.77 bits per heavy atom. The molecule has 4 rings (SSSR count). The molecule has 0 unspecified atom stereocenters. The first-order valence-electron chi connectivity index (χ1n) is 10.7. The first-order valence-corrected chi connectivity index (χ1v) is 11.9. The number of halogens is 1. The fraction of sp³-hybridized carbons (Fsp3) is 0.0741. The van der Waals surface area contributed by atoms with Crippen LogP contribution >= 0.6 is 22.9 Å². The lowest BCUT2D eigenvalue weighted by Gasteiger charge is -2.06. The van der Waals surface area contributed by atoms with Gasteiger partial charge in [-0.3, -0.25) is 14.2 Å². The molecule has 1 N–H and O–H groups in total. The zero-order chi connectivity index (χ0) is 24.8. The molecular weight excluding hydrogens is 482 g/mol. The number of thiazole rings is 1. The number of nitriles is 1. The molecule has 0 spiro atoms. The Bertz CT molecular complexity index is 1580. The molecule has 1 amide bonds. The first kappa shape index (κ1) is 24.0. The molecule has 35 heavy (non-hydrogen) atoms. The van der Waals surface area contributed by atoms with Crippen LogP contribution in [0.3, 0.4) is 0 Å². The molecule has 0 aliphatic rings. The molecule has 0 bridgehead atoms. The maximum absolute atomic E-state index is 13.5. The van der Waals surface area contributed by atoms with E-state index in [-0.39, 0.29) is 15.8 Å². The highest BCUT2D eigenvalue weighted by Gasteiger charge is 2.17. The third-order valence-corrected chi connectivity index (χ3v) is 6.34. The maximum Gasteiger partial charge on any atom is 0.273 e. The van der Waals surface area contributed by atoms with Crippen LogP contribution in [0.1, 0.15) is 12.5 Å². The van der Waals surface area contributed by atoms with Gasteiger partial charge < -0.3 is 10.1 Å². The van der Waals surface area contributed by atoms with Gasteiger partial charge in [0.25, 0.3) is 11.5 Å². The molecule has 1 aromatic heterocycles. The van der Waals surface area contributed by atoms with Crippen LogP contribution < -0.4 is 24.8 Å². The highest BCUT2D eigenvalue weighted by Crippen LogP contribution is 2.18. The highest BCUT2D eigenvalue weighted by molar-refractivity contribution is 7.07. The molecule has 0 aliphatic carbocycles. The van der Waals surface area contributed by atoms with E-state index in [4.69, 9.17) is 16.3 Å². The van der Waals surface area contributed by atoms with Gasteiger partial charge in [-0.2, -0.15) is 5.26 Å². The Morgan fingerprint density at radius 3 is 2.46 bits per heavy atom. The highest BCUT2D eigenvalue weighted by atomic mass is 35.5. The minimum atomic E-state index is -0.623. The van der Waals surface area contributed by atoms with Crippen molar-refractivity contribution in [1.82, 2.24) is 4.57 Å². The number of nitrogens with zero attached hydrogens (tertiary/aromatic N) is 2. The molecule has 6 nitrogen and oxygen atoms in total. The fourth-order valence-corrected chi connectivity index (χ4v) is 4.63. The molecule has 0 aliphatic heterocycles. The van der Waals surface area contributed by atoms with Crippen LogP contribution in [0, 0.1) is 11.3 Å². The molecule has 0 saturated heterocycles. The van der Waals surface area contributed by atoms with E-state index >= 15 is 0 Å². The summed E-state index contributed by atoms with van der Waals surface area (Å²) in [6.07, 6.45) is 1.72.